The molecule has 2 unspecified atom stereocenters. The van der Waals surface area contributed by atoms with E-state index in [-0.39, 0.29) is 25.7 Å². The maximum absolute atomic E-state index is 13.1. The molecule has 570 valence electrons. The first-order chi connectivity index (χ1) is 47.7. The van der Waals surface area contributed by atoms with Gasteiger partial charge in [0.25, 0.3) is 0 Å². The number of phosphoric ester groups is 2. The highest BCUT2D eigenvalue weighted by molar-refractivity contribution is 7.47. The Morgan fingerprint density at radius 2 is 0.510 bits per heavy atom. The fourth-order valence-electron chi connectivity index (χ4n) is 10.7. The van der Waals surface area contributed by atoms with Crippen LogP contribution in [0.25, 0.3) is 0 Å². The van der Waals surface area contributed by atoms with E-state index in [2.05, 4.69) is 88.5 Å². The first kappa shape index (κ1) is 94.5. The number of carbonyl (C=O) groups is 4. The fourth-order valence-corrected chi connectivity index (χ4v) is 12.2. The summed E-state index contributed by atoms with van der Waals surface area (Å²) in [6.45, 7) is 4.79. The molecule has 0 aromatic rings. The lowest BCUT2D eigenvalue weighted by Crippen LogP contribution is -2.30. The summed E-state index contributed by atoms with van der Waals surface area (Å²) in [6, 6.07) is 0. The molecule has 0 saturated carbocycles. The van der Waals surface area contributed by atoms with Crippen molar-refractivity contribution >= 4 is 39.5 Å². The molecule has 19 heteroatoms. The molecule has 0 aromatic heterocycles. The molecule has 17 nitrogen and oxygen atoms in total. The highest BCUT2D eigenvalue weighted by atomic mass is 31.2. The van der Waals surface area contributed by atoms with Gasteiger partial charge >= 0.3 is 39.5 Å². The van der Waals surface area contributed by atoms with Gasteiger partial charge in [0.1, 0.15) is 19.3 Å². The molecule has 0 spiro atoms. The Kier molecular flexibility index (Phi) is 69.3. The molecular formula is C79H142O17P2. The Bertz CT molecular complexity index is 2140. The van der Waals surface area contributed by atoms with E-state index in [1.807, 2.05) is 12.2 Å². The normalized spacial score (nSPS) is 14.3. The molecule has 3 N–H and O–H groups in total. The average molecular weight is 1430 g/mol. The number of carbonyl (C=O) groups excluding carboxylic acids is 4. The van der Waals surface area contributed by atoms with Crippen molar-refractivity contribution < 1.29 is 80.2 Å². The summed E-state index contributed by atoms with van der Waals surface area (Å²) in [7, 11) is -9.95. The van der Waals surface area contributed by atoms with Crippen LogP contribution < -0.4 is 0 Å². The van der Waals surface area contributed by atoms with Crippen molar-refractivity contribution in [3.05, 3.63) is 72.9 Å². The van der Waals surface area contributed by atoms with Crippen molar-refractivity contribution in [1.82, 2.24) is 0 Å². The summed E-state index contributed by atoms with van der Waals surface area (Å²) < 4.78 is 68.5. The number of ether oxygens (including phenoxy) is 4. The molecule has 0 saturated heterocycles. The van der Waals surface area contributed by atoms with Gasteiger partial charge in [-0.2, -0.15) is 0 Å². The summed E-state index contributed by atoms with van der Waals surface area (Å²) in [4.78, 5) is 72.8. The van der Waals surface area contributed by atoms with E-state index in [0.29, 0.717) is 32.1 Å². The largest absolute Gasteiger partial charge is 0.472 e. The predicted molar refractivity (Wildman–Crippen MR) is 400 cm³/mol. The lowest BCUT2D eigenvalue weighted by Gasteiger charge is -2.21. The molecule has 0 bridgehead atoms. The van der Waals surface area contributed by atoms with E-state index in [1.54, 1.807) is 0 Å². The zero-order valence-corrected chi connectivity index (χ0v) is 64.0. The molecule has 0 amide bonds. The number of esters is 4. The molecule has 0 aliphatic carbocycles. The van der Waals surface area contributed by atoms with Gasteiger partial charge in [-0.3, -0.25) is 37.3 Å². The minimum Gasteiger partial charge on any atom is -0.462 e. The number of aliphatic hydroxyl groups excluding tert-OH is 1. The zero-order valence-electron chi connectivity index (χ0n) is 62.2. The van der Waals surface area contributed by atoms with Gasteiger partial charge in [0.15, 0.2) is 12.2 Å². The monoisotopic (exact) mass is 1420 g/mol. The first-order valence-electron chi connectivity index (χ1n) is 39.2. The van der Waals surface area contributed by atoms with Crippen molar-refractivity contribution in [1.29, 1.82) is 0 Å². The maximum atomic E-state index is 13.1. The summed E-state index contributed by atoms with van der Waals surface area (Å²) in [5.74, 6) is -2.23. The third kappa shape index (κ3) is 70.9. The van der Waals surface area contributed by atoms with Gasteiger partial charge in [-0.25, -0.2) is 9.13 Å². The van der Waals surface area contributed by atoms with Crippen molar-refractivity contribution in [3.63, 3.8) is 0 Å². The van der Waals surface area contributed by atoms with Crippen molar-refractivity contribution in [2.75, 3.05) is 39.6 Å². The summed E-state index contributed by atoms with van der Waals surface area (Å²) >= 11 is 0. The van der Waals surface area contributed by atoms with Crippen LogP contribution in [0, 0.1) is 0 Å². The molecule has 0 aromatic carbocycles. The minimum absolute atomic E-state index is 0.0885. The maximum Gasteiger partial charge on any atom is 0.472 e. The number of unbranched alkanes of at least 4 members (excludes halogenated alkanes) is 36. The topological polar surface area (TPSA) is 237 Å². The summed E-state index contributed by atoms with van der Waals surface area (Å²) in [6.07, 6.45) is 71.7. The Hall–Kier alpha value is -3.50. The number of hydrogen-bond acceptors (Lipinski definition) is 15. The SMILES string of the molecule is CCCCC/C=C\C/C=C\C/C=C\C/C=C\CCCC(=O)OC[C@H](COP(=O)(O)OC[C@@H](O)COP(=O)(O)OC[C@@H](COC(=O)CCCCCCC/C=C\C/C=C\CCCCC)OC(=O)CCCCCCCCCCCCCCC)OC(=O)CCCCCCCCCCCCCCC. The number of phosphoric acid groups is 2. The van der Waals surface area contributed by atoms with Crippen LogP contribution in [0.3, 0.4) is 0 Å². The van der Waals surface area contributed by atoms with Gasteiger partial charge in [-0.05, 0) is 96.3 Å². The minimum atomic E-state index is -4.98. The van der Waals surface area contributed by atoms with E-state index in [4.69, 9.17) is 37.0 Å². The van der Waals surface area contributed by atoms with Crippen LogP contribution in [0.2, 0.25) is 0 Å². The van der Waals surface area contributed by atoms with Crippen molar-refractivity contribution in [3.8, 4) is 0 Å². The average Bonchev–Trinajstić information content (AvgIpc) is 0.969. The quantitative estimate of drug-likeness (QED) is 0.0169. The number of hydrogen-bond donors (Lipinski definition) is 3. The summed E-state index contributed by atoms with van der Waals surface area (Å²) in [5, 5.41) is 10.6. The van der Waals surface area contributed by atoms with Gasteiger partial charge in [-0.15, -0.1) is 0 Å². The smallest absolute Gasteiger partial charge is 0.462 e. The second-order valence-corrected chi connectivity index (χ2v) is 29.2. The van der Waals surface area contributed by atoms with Crippen LogP contribution in [-0.2, 0) is 65.4 Å². The molecule has 0 rings (SSSR count). The van der Waals surface area contributed by atoms with Gasteiger partial charge in [0.05, 0.1) is 26.4 Å². The second-order valence-electron chi connectivity index (χ2n) is 26.3. The molecule has 0 aliphatic heterocycles. The zero-order chi connectivity index (χ0) is 71.8. The lowest BCUT2D eigenvalue weighted by molar-refractivity contribution is -0.161. The van der Waals surface area contributed by atoms with Crippen molar-refractivity contribution in [2.24, 2.45) is 0 Å². The Labute approximate surface area is 596 Å². The third-order valence-electron chi connectivity index (χ3n) is 16.7. The van der Waals surface area contributed by atoms with Crippen molar-refractivity contribution in [2.45, 2.75) is 367 Å². The second kappa shape index (κ2) is 71.9. The molecule has 5 atom stereocenters. The highest BCUT2D eigenvalue weighted by Gasteiger charge is 2.30. The molecule has 0 heterocycles. The number of aliphatic hydroxyl groups is 1. The van der Waals surface area contributed by atoms with E-state index < -0.39 is 97.5 Å². The first-order valence-corrected chi connectivity index (χ1v) is 42.2. The number of rotatable bonds is 74. The molecule has 0 radical (unpaired) electrons. The fraction of sp³-hybridized carbons (Fsp3) is 0.797. The standard InChI is InChI=1S/C79H142O17P2/c1-5-9-13-17-21-25-29-33-35-36-38-42-44-48-52-56-60-64-77(82)90-70-75(96-79(84)66-62-58-54-50-46-40-32-28-24-20-16-12-8-4)72-94-98(87,88)92-68-73(80)67-91-97(85,86)93-71-74(95-78(83)65-61-57-53-49-45-39-31-27-23-19-15-11-7-3)69-89-76(81)63-59-55-51-47-43-41-37-34-30-26-22-18-14-10-6-2/h21-22,25-26,33-35,37-38,42,48,52,73-75,80H,5-20,23-24,27-32,36,39-41,43-47,49-51,53-72H2,1-4H3,(H,85,86)(H,87,88)/b25-21-,26-22-,35-33-,37-34-,42-38-,52-48-/t73-,74+,75+/m0/s1. The highest BCUT2D eigenvalue weighted by Crippen LogP contribution is 2.45. The Balaban J connectivity index is 5.36. The van der Waals surface area contributed by atoms with Crippen LogP contribution in [0.1, 0.15) is 349 Å². The van der Waals surface area contributed by atoms with Gasteiger partial charge in [0.2, 0.25) is 0 Å². The van der Waals surface area contributed by atoms with Crippen LogP contribution in [0.5, 0.6) is 0 Å². The summed E-state index contributed by atoms with van der Waals surface area (Å²) in [5.41, 5.74) is 0. The van der Waals surface area contributed by atoms with Crippen LogP contribution in [0.15, 0.2) is 72.9 Å². The predicted octanol–water partition coefficient (Wildman–Crippen LogP) is 22.4. The molecule has 0 fully saturated rings. The van der Waals surface area contributed by atoms with E-state index in [1.165, 1.54) is 141 Å². The molecular weight excluding hydrogens is 1280 g/mol. The number of allylic oxidation sites excluding steroid dienone is 12. The van der Waals surface area contributed by atoms with Gasteiger partial charge < -0.3 is 33.8 Å². The Morgan fingerprint density at radius 3 is 0.827 bits per heavy atom. The molecule has 0 aliphatic rings. The van der Waals surface area contributed by atoms with E-state index in [9.17, 15) is 43.2 Å². The lowest BCUT2D eigenvalue weighted by atomic mass is 10.0. The van der Waals surface area contributed by atoms with Crippen LogP contribution in [0.4, 0.5) is 0 Å². The van der Waals surface area contributed by atoms with Crippen LogP contribution in [-0.4, -0.2) is 96.7 Å². The third-order valence-corrected chi connectivity index (χ3v) is 18.6. The van der Waals surface area contributed by atoms with Gasteiger partial charge in [0, 0.05) is 25.7 Å². The van der Waals surface area contributed by atoms with Crippen LogP contribution >= 0.6 is 15.6 Å². The van der Waals surface area contributed by atoms with E-state index >= 15 is 0 Å². The Morgan fingerprint density at radius 1 is 0.286 bits per heavy atom. The molecule has 98 heavy (non-hydrogen) atoms. The van der Waals surface area contributed by atoms with Gasteiger partial charge in [-0.1, -0.05) is 300 Å². The van der Waals surface area contributed by atoms with E-state index in [0.717, 1.165) is 122 Å².